The lowest BCUT2D eigenvalue weighted by Gasteiger charge is -2.29. The highest BCUT2D eigenvalue weighted by Crippen LogP contribution is 2.25. The molecule has 0 saturated carbocycles. The van der Waals surface area contributed by atoms with Crippen LogP contribution in [0.5, 0.6) is 0 Å². The number of hydrogen-bond acceptors (Lipinski definition) is 21. The van der Waals surface area contributed by atoms with Gasteiger partial charge in [0.1, 0.15) is 72.5 Å². The zero-order valence-electron chi connectivity index (χ0n) is 75.3. The van der Waals surface area contributed by atoms with Crippen LogP contribution in [-0.2, 0) is 81.6 Å². The van der Waals surface area contributed by atoms with Crippen LogP contribution in [0.4, 0.5) is 0 Å². The summed E-state index contributed by atoms with van der Waals surface area (Å²) in [7, 11) is 0. The van der Waals surface area contributed by atoms with Gasteiger partial charge in [-0.3, -0.25) is 62.5 Å². The number of fused-ring (bicyclic) bond motifs is 3. The second-order valence-electron chi connectivity index (χ2n) is 34.0. The van der Waals surface area contributed by atoms with E-state index in [1.54, 1.807) is 30.7 Å². The van der Waals surface area contributed by atoms with E-state index in [1.165, 1.54) is 6.92 Å². The van der Waals surface area contributed by atoms with E-state index in [0.29, 0.717) is 129 Å². The van der Waals surface area contributed by atoms with E-state index in [0.717, 1.165) is 10.9 Å². The molecule has 0 spiro atoms. The number of nitrogens with zero attached hydrogens (tertiary/aromatic N) is 1. The number of unbranched alkanes of at least 4 members (excludes halogenated alkanes) is 6. The van der Waals surface area contributed by atoms with E-state index in [2.05, 4.69) is 83.7 Å². The number of carbonyl (C=O) groups excluding carboxylic acids is 12. The number of aliphatic carboxylic acids is 1. The van der Waals surface area contributed by atoms with Gasteiger partial charge in [-0.25, -0.2) is 4.79 Å². The molecule has 0 bridgehead atoms. The van der Waals surface area contributed by atoms with E-state index in [4.69, 9.17) is 51.6 Å². The molecular weight excluding hydrogens is 1660 g/mol. The number of nitrogens with two attached hydrogens (primary N) is 9. The fourth-order valence-corrected chi connectivity index (χ4v) is 15.2. The smallest absolute Gasteiger partial charge is 0.326 e. The average molecular weight is 1800 g/mol. The Labute approximate surface area is 754 Å². The van der Waals surface area contributed by atoms with Crippen LogP contribution >= 0.6 is 0 Å². The van der Waals surface area contributed by atoms with Gasteiger partial charge in [-0.05, 0) is 228 Å². The molecule has 3 heterocycles. The number of para-hydroxylation sites is 3. The number of nitrogens with one attached hydrogen (secondary N) is 15. The molecule has 6 rings (SSSR count). The summed E-state index contributed by atoms with van der Waals surface area (Å²) < 4.78 is 0. The molecule has 0 aliphatic carbocycles. The van der Waals surface area contributed by atoms with Crippen LogP contribution in [0, 0.1) is 11.8 Å². The molecule has 34 N–H and O–H groups in total. The van der Waals surface area contributed by atoms with E-state index in [-0.39, 0.29) is 134 Å². The number of aromatic nitrogens is 3. The summed E-state index contributed by atoms with van der Waals surface area (Å²) in [5, 5.41) is 45.7. The SMILES string of the molecule is CC(C)C[C@H](NC(=O)[C@H](Cc1c[nH]c2ccccc12)NC(=O)[C@H](CCCCN)NC(=O)[C@H](CC(C)C)NC(=O)[C@H](Cc1c[nH]c2ccccc12)NC(=O)[C@H](CCCCN)NC(=O)[C@H](CCCN=C(N)N)NC(=O)[C@H](Cc1c[nH]c2ccccc12)NC(=O)[C@H](CCCCN)NC(=O)[C@@H](N)CCCCN)C(=O)N[C@@H](C)C(=O)N[C@@H](CCCCN)C(=O)N[C@@H](CCCCN)C(=O)O. The first-order valence-electron chi connectivity index (χ1n) is 45.4. The molecule has 0 saturated heterocycles. The Morgan fingerprint density at radius 3 is 0.868 bits per heavy atom. The number of rotatable bonds is 63. The summed E-state index contributed by atoms with van der Waals surface area (Å²) in [5.74, 6) is -11.5. The molecule has 3 aromatic carbocycles. The van der Waals surface area contributed by atoms with Crippen LogP contribution in [0.25, 0.3) is 32.7 Å². The van der Waals surface area contributed by atoms with Crippen LogP contribution in [0.2, 0.25) is 0 Å². The highest BCUT2D eigenvalue weighted by Gasteiger charge is 2.39. The lowest BCUT2D eigenvalue weighted by Crippen LogP contribution is -2.61. The van der Waals surface area contributed by atoms with Gasteiger partial charge in [-0.15, -0.1) is 0 Å². The molecule has 39 heteroatoms. The van der Waals surface area contributed by atoms with Gasteiger partial charge in [0, 0.05) is 77.1 Å². The van der Waals surface area contributed by atoms with Crippen molar-refractivity contribution in [2.24, 2.45) is 68.4 Å². The van der Waals surface area contributed by atoms with Crippen LogP contribution in [0.15, 0.2) is 96.4 Å². The second kappa shape index (κ2) is 56.6. The Kier molecular flexibility index (Phi) is 46.6. The normalized spacial score (nSPS) is 14.5. The molecule has 0 unspecified atom stereocenters. The number of guanidine groups is 1. The maximum absolute atomic E-state index is 15.5. The Bertz CT molecular complexity index is 4600. The second-order valence-corrected chi connectivity index (χ2v) is 34.0. The van der Waals surface area contributed by atoms with Gasteiger partial charge < -0.3 is 135 Å². The molecular formula is C90H143N25O14. The molecule has 6 aromatic rings. The number of aromatic amines is 3. The molecule has 0 fully saturated rings. The Balaban J connectivity index is 1.31. The monoisotopic (exact) mass is 1800 g/mol. The predicted molar refractivity (Wildman–Crippen MR) is 497 cm³/mol. The van der Waals surface area contributed by atoms with Crippen molar-refractivity contribution >= 4 is 116 Å². The number of carbonyl (C=O) groups is 13. The quantitative estimate of drug-likeness (QED) is 0.0139. The highest BCUT2D eigenvalue weighted by atomic mass is 16.4. The predicted octanol–water partition coefficient (Wildman–Crippen LogP) is 0.328. The standard InChI is InChI=1S/C90H143N25O14/c1-53(2)45-72(84(123)104-55(5)77(116)105-66(32-13-19-39-92)80(119)110-71(89(128)129)36-17-23-43-96)111-87(126)75(48-57-51-102-64-30-10-7-26-60(57)64)115-83(122)69(35-16-22-42-95)108-85(124)73(46-54(3)4)112-88(127)76(49-58-52-103-65-31-11-8-27-61(58)65)114-82(121)68(34-15-21-41-94)107-79(118)70(37-24-44-100-90(98)99)109-86(125)74(47-56-50-101-63-29-9-6-25-59(56)63)113-81(120)67(33-14-20-40-93)106-78(117)62(97)28-12-18-38-91/h6-11,25-27,29-31,50-55,62,66-76,101-103H,12-24,28,32-49,91-97H2,1-5H3,(H,104,123)(H,105,116)(H,106,117)(H,107,118)(H,108,124)(H,109,125)(H,110,119)(H,111,126)(H,112,127)(H,113,120)(H,114,121)(H,115,122)(H,128,129)(H4,98,99,100)/t55-,62-,66-,67-,68-,69-,70-,71-,72-,73-,74-,75-,76-/m0/s1. The largest absolute Gasteiger partial charge is 0.480 e. The molecule has 3 aromatic heterocycles. The third-order valence-electron chi connectivity index (χ3n) is 22.4. The van der Waals surface area contributed by atoms with E-state index >= 15 is 33.6 Å². The minimum atomic E-state index is -1.50. The van der Waals surface area contributed by atoms with Gasteiger partial charge in [0.05, 0.1) is 6.04 Å². The molecule has 712 valence electrons. The molecule has 13 atom stereocenters. The van der Waals surface area contributed by atoms with Crippen molar-refractivity contribution in [3.8, 4) is 0 Å². The van der Waals surface area contributed by atoms with Gasteiger partial charge in [0.15, 0.2) is 5.96 Å². The summed E-state index contributed by atoms with van der Waals surface area (Å²) in [6.07, 6.45) is 10.5. The van der Waals surface area contributed by atoms with Crippen molar-refractivity contribution < 1.29 is 67.4 Å². The first-order valence-corrected chi connectivity index (χ1v) is 45.4. The van der Waals surface area contributed by atoms with Gasteiger partial charge in [0.2, 0.25) is 70.9 Å². The van der Waals surface area contributed by atoms with Crippen molar-refractivity contribution in [1.82, 2.24) is 78.8 Å². The van der Waals surface area contributed by atoms with E-state index < -0.39 is 155 Å². The number of carboxylic acid groups (broad SMARTS) is 1. The number of hydrogen-bond donors (Lipinski definition) is 25. The van der Waals surface area contributed by atoms with Crippen molar-refractivity contribution in [2.75, 3.05) is 45.8 Å². The molecule has 12 amide bonds. The Hall–Kier alpha value is -11.6. The van der Waals surface area contributed by atoms with Crippen LogP contribution < -0.4 is 115 Å². The molecule has 0 radical (unpaired) electrons. The van der Waals surface area contributed by atoms with E-state index in [9.17, 15) is 33.9 Å². The molecule has 0 aliphatic heterocycles. The first kappa shape index (κ1) is 106. The fourth-order valence-electron chi connectivity index (χ4n) is 15.2. The minimum Gasteiger partial charge on any atom is -0.480 e. The Morgan fingerprint density at radius 1 is 0.310 bits per heavy atom. The number of H-pyrrole nitrogens is 3. The summed E-state index contributed by atoms with van der Waals surface area (Å²) in [6.45, 7) is 10.3. The lowest BCUT2D eigenvalue weighted by atomic mass is 9.99. The maximum atomic E-state index is 15.5. The van der Waals surface area contributed by atoms with Gasteiger partial charge >= 0.3 is 5.97 Å². The number of benzene rings is 3. The molecule has 0 aliphatic rings. The minimum absolute atomic E-state index is 0.00354. The summed E-state index contributed by atoms with van der Waals surface area (Å²) in [4.78, 5) is 204. The number of amides is 12. The van der Waals surface area contributed by atoms with Crippen molar-refractivity contribution in [3.63, 3.8) is 0 Å². The van der Waals surface area contributed by atoms with Crippen molar-refractivity contribution in [3.05, 3.63) is 108 Å². The summed E-state index contributed by atoms with van der Waals surface area (Å²) in [5.41, 5.74) is 56.7. The van der Waals surface area contributed by atoms with Crippen LogP contribution in [0.1, 0.15) is 193 Å². The van der Waals surface area contributed by atoms with Crippen LogP contribution in [-0.4, -0.2) is 227 Å². The van der Waals surface area contributed by atoms with Crippen LogP contribution in [0.3, 0.4) is 0 Å². The Morgan fingerprint density at radius 2 is 0.558 bits per heavy atom. The van der Waals surface area contributed by atoms with E-state index in [1.807, 2.05) is 88.4 Å². The highest BCUT2D eigenvalue weighted by molar-refractivity contribution is 6.01. The topological polar surface area (TPSA) is 680 Å². The molecule has 129 heavy (non-hydrogen) atoms. The van der Waals surface area contributed by atoms with Crippen molar-refractivity contribution in [2.45, 2.75) is 274 Å². The van der Waals surface area contributed by atoms with Gasteiger partial charge in [-0.1, -0.05) is 88.7 Å². The maximum Gasteiger partial charge on any atom is 0.326 e. The fraction of sp³-hybridized carbons (Fsp3) is 0.578. The zero-order chi connectivity index (χ0) is 94.5. The molecule has 39 nitrogen and oxygen atoms in total. The summed E-state index contributed by atoms with van der Waals surface area (Å²) >= 11 is 0. The summed E-state index contributed by atoms with van der Waals surface area (Å²) in [6, 6.07) is 4.56. The number of carboxylic acids is 1. The van der Waals surface area contributed by atoms with Crippen molar-refractivity contribution in [1.29, 1.82) is 0 Å². The van der Waals surface area contributed by atoms with Gasteiger partial charge in [0.25, 0.3) is 0 Å². The average Bonchev–Trinajstić information content (AvgIpc) is 1.76. The third-order valence-corrected chi connectivity index (χ3v) is 22.4. The number of aliphatic imine (C=N–C) groups is 1. The zero-order valence-corrected chi connectivity index (χ0v) is 75.3. The van der Waals surface area contributed by atoms with Gasteiger partial charge in [-0.2, -0.15) is 0 Å². The first-order chi connectivity index (χ1) is 61.8. The third kappa shape index (κ3) is 36.1. The lowest BCUT2D eigenvalue weighted by molar-refractivity contribution is -0.142.